The molecular weight excluding hydrogens is 146 g/mol. The van der Waals surface area contributed by atoms with Gasteiger partial charge in [-0.2, -0.15) is 0 Å². The molecule has 0 aromatic carbocycles. The van der Waals surface area contributed by atoms with Gasteiger partial charge in [-0.3, -0.25) is 10.0 Å². The molecular formula is C6H17N3O2. The van der Waals surface area contributed by atoms with Gasteiger partial charge < -0.3 is 11.5 Å². The van der Waals surface area contributed by atoms with Crippen LogP contribution in [0.15, 0.2) is 0 Å². The van der Waals surface area contributed by atoms with E-state index >= 15 is 0 Å². The van der Waals surface area contributed by atoms with Gasteiger partial charge in [0.1, 0.15) is 0 Å². The minimum absolute atomic E-state index is 0.181. The highest BCUT2D eigenvalue weighted by molar-refractivity contribution is 5.43. The van der Waals surface area contributed by atoms with Crippen LogP contribution in [0.25, 0.3) is 0 Å². The maximum absolute atomic E-state index is 8.81. The molecule has 0 aliphatic heterocycles. The molecule has 0 unspecified atom stereocenters. The highest BCUT2D eigenvalue weighted by atomic mass is 16.5. The van der Waals surface area contributed by atoms with Gasteiger partial charge in [0.15, 0.2) is 0 Å². The number of unbranched alkanes of at least 4 members (excludes halogenated alkanes) is 2. The molecule has 0 radical (unpaired) electrons. The second-order valence-corrected chi connectivity index (χ2v) is 1.88. The number of hydroxylamine groups is 1. The van der Waals surface area contributed by atoms with E-state index in [0.717, 1.165) is 25.9 Å². The average Bonchev–Trinajstić information content (AvgIpc) is 2.06. The van der Waals surface area contributed by atoms with Crippen molar-refractivity contribution in [3.63, 3.8) is 0 Å². The summed E-state index contributed by atoms with van der Waals surface area (Å²) in [7, 11) is 0. The van der Waals surface area contributed by atoms with E-state index in [-0.39, 0.29) is 6.41 Å². The molecule has 0 aromatic rings. The van der Waals surface area contributed by atoms with E-state index in [2.05, 4.69) is 0 Å². The van der Waals surface area contributed by atoms with Crippen LogP contribution in [0.3, 0.4) is 0 Å². The van der Waals surface area contributed by atoms with Crippen molar-refractivity contribution in [2.24, 2.45) is 11.5 Å². The summed E-state index contributed by atoms with van der Waals surface area (Å²) in [4.78, 5) is 8.81. The Morgan fingerprint density at radius 3 is 1.73 bits per heavy atom. The van der Waals surface area contributed by atoms with Gasteiger partial charge in [-0.05, 0) is 25.9 Å². The molecule has 0 atom stereocenters. The van der Waals surface area contributed by atoms with Crippen molar-refractivity contribution >= 4 is 6.41 Å². The maximum atomic E-state index is 8.81. The van der Waals surface area contributed by atoms with Gasteiger partial charge in [-0.1, -0.05) is 6.42 Å². The van der Waals surface area contributed by atoms with Crippen molar-refractivity contribution in [1.82, 2.24) is 5.48 Å². The third kappa shape index (κ3) is 26.7. The number of hydrogen-bond acceptors (Lipinski definition) is 4. The van der Waals surface area contributed by atoms with Gasteiger partial charge >= 0.3 is 0 Å². The molecule has 0 aromatic heterocycles. The molecule has 1 amide bonds. The summed E-state index contributed by atoms with van der Waals surface area (Å²) in [5.74, 6) is 0. The molecule has 0 heterocycles. The second kappa shape index (κ2) is 16.2. The van der Waals surface area contributed by atoms with Crippen LogP contribution in [0, 0.1) is 0 Å². The fourth-order valence-electron chi connectivity index (χ4n) is 0.465. The van der Waals surface area contributed by atoms with Crippen LogP contribution in [-0.2, 0) is 4.79 Å². The smallest absolute Gasteiger partial charge is 0.230 e. The Morgan fingerprint density at radius 1 is 1.18 bits per heavy atom. The topological polar surface area (TPSA) is 101 Å². The van der Waals surface area contributed by atoms with Crippen LogP contribution >= 0.6 is 0 Å². The Bertz CT molecular complexity index is 66.8. The summed E-state index contributed by atoms with van der Waals surface area (Å²) in [6.45, 7) is 1.61. The first-order valence-electron chi connectivity index (χ1n) is 3.56. The zero-order valence-electron chi connectivity index (χ0n) is 6.62. The molecule has 5 nitrogen and oxygen atoms in total. The number of hydrogen-bond donors (Lipinski definition) is 4. The summed E-state index contributed by atoms with van der Waals surface area (Å²) in [5, 5.41) is 7.26. The Morgan fingerprint density at radius 2 is 1.55 bits per heavy atom. The Kier molecular flexibility index (Phi) is 19.1. The third-order valence-electron chi connectivity index (χ3n) is 0.961. The van der Waals surface area contributed by atoms with E-state index in [0.29, 0.717) is 0 Å². The predicted molar refractivity (Wildman–Crippen MR) is 42.9 cm³/mol. The zero-order chi connectivity index (χ0) is 8.95. The van der Waals surface area contributed by atoms with E-state index < -0.39 is 0 Å². The van der Waals surface area contributed by atoms with Gasteiger partial charge in [0.2, 0.25) is 6.41 Å². The molecule has 6 N–H and O–H groups in total. The number of nitrogens with two attached hydrogens (primary N) is 2. The minimum Gasteiger partial charge on any atom is -0.330 e. The first kappa shape index (κ1) is 13.0. The predicted octanol–water partition coefficient (Wildman–Crippen LogP) is -0.804. The van der Waals surface area contributed by atoms with E-state index in [4.69, 9.17) is 21.5 Å². The van der Waals surface area contributed by atoms with Gasteiger partial charge in [0.05, 0.1) is 0 Å². The Balaban J connectivity index is 0. The van der Waals surface area contributed by atoms with Crippen molar-refractivity contribution in [3.8, 4) is 0 Å². The Hall–Kier alpha value is -0.650. The van der Waals surface area contributed by atoms with Crippen molar-refractivity contribution in [2.45, 2.75) is 19.3 Å². The lowest BCUT2D eigenvalue weighted by atomic mass is 10.2. The number of nitrogens with one attached hydrogen (secondary N) is 1. The highest BCUT2D eigenvalue weighted by Gasteiger charge is 1.80. The van der Waals surface area contributed by atoms with Crippen LogP contribution in [0.4, 0.5) is 0 Å². The molecule has 0 bridgehead atoms. The molecule has 0 spiro atoms. The lowest BCUT2D eigenvalue weighted by molar-refractivity contribution is -0.116. The lowest BCUT2D eigenvalue weighted by Gasteiger charge is -1.91. The molecule has 0 saturated heterocycles. The zero-order valence-corrected chi connectivity index (χ0v) is 6.62. The number of rotatable bonds is 5. The van der Waals surface area contributed by atoms with Crippen molar-refractivity contribution < 1.29 is 10.0 Å². The molecule has 68 valence electrons. The normalized spacial score (nSPS) is 7.91. The van der Waals surface area contributed by atoms with Crippen molar-refractivity contribution in [1.29, 1.82) is 0 Å². The SMILES string of the molecule is NCCCCCN.O=CNO. The van der Waals surface area contributed by atoms with Gasteiger partial charge in [-0.25, -0.2) is 5.48 Å². The van der Waals surface area contributed by atoms with E-state index in [1.54, 1.807) is 0 Å². The molecule has 0 aliphatic rings. The molecule has 0 aliphatic carbocycles. The summed E-state index contributed by atoms with van der Waals surface area (Å²) in [6.07, 6.45) is 3.61. The highest BCUT2D eigenvalue weighted by Crippen LogP contribution is 1.88. The monoisotopic (exact) mass is 163 g/mol. The van der Waals surface area contributed by atoms with E-state index in [1.165, 1.54) is 11.9 Å². The van der Waals surface area contributed by atoms with Crippen LogP contribution in [0.5, 0.6) is 0 Å². The maximum Gasteiger partial charge on any atom is 0.230 e. The molecule has 0 saturated carbocycles. The van der Waals surface area contributed by atoms with Crippen molar-refractivity contribution in [3.05, 3.63) is 0 Å². The first-order valence-corrected chi connectivity index (χ1v) is 3.56. The van der Waals surface area contributed by atoms with Crippen LogP contribution in [-0.4, -0.2) is 24.7 Å². The van der Waals surface area contributed by atoms with Gasteiger partial charge in [0, 0.05) is 0 Å². The van der Waals surface area contributed by atoms with Crippen LogP contribution in [0.2, 0.25) is 0 Å². The number of carbonyl (C=O) groups excluding carboxylic acids is 1. The summed E-state index contributed by atoms with van der Waals surface area (Å²) in [5.41, 5.74) is 11.7. The Labute approximate surface area is 66.7 Å². The molecule has 5 heteroatoms. The van der Waals surface area contributed by atoms with E-state index in [1.807, 2.05) is 0 Å². The quantitative estimate of drug-likeness (QED) is 0.184. The van der Waals surface area contributed by atoms with E-state index in [9.17, 15) is 0 Å². The fourth-order valence-corrected chi connectivity index (χ4v) is 0.465. The molecule has 11 heavy (non-hydrogen) atoms. The second-order valence-electron chi connectivity index (χ2n) is 1.88. The summed E-state index contributed by atoms with van der Waals surface area (Å²) >= 11 is 0. The summed E-state index contributed by atoms with van der Waals surface area (Å²) < 4.78 is 0. The average molecular weight is 163 g/mol. The van der Waals surface area contributed by atoms with Gasteiger partial charge in [0.25, 0.3) is 0 Å². The number of carbonyl (C=O) groups is 1. The largest absolute Gasteiger partial charge is 0.330 e. The van der Waals surface area contributed by atoms with Crippen LogP contribution < -0.4 is 16.9 Å². The molecule has 0 rings (SSSR count). The fraction of sp³-hybridized carbons (Fsp3) is 0.833. The van der Waals surface area contributed by atoms with Gasteiger partial charge in [-0.15, -0.1) is 0 Å². The molecule has 0 fully saturated rings. The van der Waals surface area contributed by atoms with Crippen LogP contribution in [0.1, 0.15) is 19.3 Å². The number of amides is 1. The standard InChI is InChI=1S/C5H14N2.CH3NO2/c6-4-2-1-3-5-7;3-1-2-4/h1-7H2;1,4H,(H,2,3). The lowest BCUT2D eigenvalue weighted by Crippen LogP contribution is -2.02. The summed E-state index contributed by atoms with van der Waals surface area (Å²) in [6, 6.07) is 0. The third-order valence-corrected chi connectivity index (χ3v) is 0.961. The van der Waals surface area contributed by atoms with Crippen molar-refractivity contribution in [2.75, 3.05) is 13.1 Å². The first-order chi connectivity index (χ1) is 5.33. The minimum atomic E-state index is 0.181.